The number of benzene rings is 5. The van der Waals surface area contributed by atoms with E-state index in [1.54, 1.807) is 0 Å². The molecule has 0 aliphatic heterocycles. The number of nitrogens with two attached hydrogens (primary N) is 1. The van der Waals surface area contributed by atoms with Crippen LogP contribution in [0, 0.1) is 0 Å². The lowest BCUT2D eigenvalue weighted by Crippen LogP contribution is -2.15. The Hall–Kier alpha value is -4.10. The van der Waals surface area contributed by atoms with Crippen molar-refractivity contribution >= 4 is 5.69 Å². The number of nitrogen functional groups attached to an aromatic ring is 1. The second-order valence-corrected chi connectivity index (χ2v) is 9.65. The van der Waals surface area contributed by atoms with E-state index in [4.69, 9.17) is 5.73 Å². The summed E-state index contributed by atoms with van der Waals surface area (Å²) in [4.78, 5) is 0. The van der Waals surface area contributed by atoms with Gasteiger partial charge in [0.15, 0.2) is 0 Å². The molecule has 1 nitrogen and oxygen atoms in total. The molecule has 0 saturated carbocycles. The third-order valence-corrected chi connectivity index (χ3v) is 7.26. The van der Waals surface area contributed by atoms with Crippen LogP contribution in [0.25, 0.3) is 44.5 Å². The molecule has 0 unspecified atom stereocenters. The topological polar surface area (TPSA) is 26.0 Å². The highest BCUT2D eigenvalue weighted by Gasteiger charge is 2.37. The summed E-state index contributed by atoms with van der Waals surface area (Å²) in [7, 11) is 0. The molecule has 5 aromatic rings. The fraction of sp³-hybridized carbons (Fsp3) is 0.0909. The van der Waals surface area contributed by atoms with E-state index in [0.29, 0.717) is 0 Å². The van der Waals surface area contributed by atoms with E-state index in [-0.39, 0.29) is 5.41 Å². The predicted octanol–water partition coefficient (Wildman–Crippen LogP) is 8.58. The summed E-state index contributed by atoms with van der Waals surface area (Å²) >= 11 is 0. The van der Waals surface area contributed by atoms with Crippen LogP contribution in [-0.2, 0) is 5.41 Å². The molecule has 2 N–H and O–H groups in total. The van der Waals surface area contributed by atoms with Gasteiger partial charge in [-0.15, -0.1) is 0 Å². The first-order valence-electron chi connectivity index (χ1n) is 11.8. The molecular weight excluding hydrogens is 410 g/mol. The first-order chi connectivity index (χ1) is 16.5. The van der Waals surface area contributed by atoms with Crippen LogP contribution in [0.3, 0.4) is 0 Å². The molecule has 5 aromatic carbocycles. The fourth-order valence-electron chi connectivity index (χ4n) is 5.43. The van der Waals surface area contributed by atoms with E-state index in [1.165, 1.54) is 44.5 Å². The van der Waals surface area contributed by atoms with Crippen LogP contribution in [0.15, 0.2) is 115 Å². The van der Waals surface area contributed by atoms with Crippen molar-refractivity contribution in [2.24, 2.45) is 0 Å². The molecule has 0 amide bonds. The Morgan fingerprint density at radius 2 is 1.03 bits per heavy atom. The maximum absolute atomic E-state index is 6.68. The molecule has 6 rings (SSSR count). The molecule has 0 saturated heterocycles. The maximum atomic E-state index is 6.68. The molecule has 0 fully saturated rings. The molecular formula is C33H27N. The average Bonchev–Trinajstić information content (AvgIpc) is 3.11. The van der Waals surface area contributed by atoms with Gasteiger partial charge in [0.05, 0.1) is 0 Å². The number of hydrogen-bond donors (Lipinski definition) is 1. The molecule has 34 heavy (non-hydrogen) atoms. The summed E-state index contributed by atoms with van der Waals surface area (Å²) in [5, 5.41) is 0. The minimum atomic E-state index is -0.0979. The summed E-state index contributed by atoms with van der Waals surface area (Å²) in [5.74, 6) is 0. The third-order valence-electron chi connectivity index (χ3n) is 7.26. The SMILES string of the molecule is CC1(C)c2cc(N)c(-c3ccc(-c4ccccc4)cc3)cc2-c2c(-c3ccccc3)cccc21. The fourth-order valence-corrected chi connectivity index (χ4v) is 5.43. The van der Waals surface area contributed by atoms with Crippen molar-refractivity contribution in [3.8, 4) is 44.5 Å². The summed E-state index contributed by atoms with van der Waals surface area (Å²) in [6.07, 6.45) is 0. The number of rotatable bonds is 3. The van der Waals surface area contributed by atoms with E-state index in [0.717, 1.165) is 16.8 Å². The van der Waals surface area contributed by atoms with E-state index in [1.807, 2.05) is 6.07 Å². The molecule has 1 aliphatic carbocycles. The Balaban J connectivity index is 1.52. The van der Waals surface area contributed by atoms with Crippen molar-refractivity contribution in [2.45, 2.75) is 19.3 Å². The molecule has 0 spiro atoms. The van der Waals surface area contributed by atoms with Gasteiger partial charge in [0, 0.05) is 16.7 Å². The summed E-state index contributed by atoms with van der Waals surface area (Å²) < 4.78 is 0. The largest absolute Gasteiger partial charge is 0.398 e. The van der Waals surface area contributed by atoms with Gasteiger partial charge in [-0.2, -0.15) is 0 Å². The van der Waals surface area contributed by atoms with Gasteiger partial charge in [-0.1, -0.05) is 117 Å². The average molecular weight is 438 g/mol. The van der Waals surface area contributed by atoms with Crippen LogP contribution in [-0.4, -0.2) is 0 Å². The summed E-state index contributed by atoms with van der Waals surface area (Å²) in [6.45, 7) is 4.61. The molecule has 0 atom stereocenters. The van der Waals surface area contributed by atoms with Crippen molar-refractivity contribution in [3.63, 3.8) is 0 Å². The lowest BCUT2D eigenvalue weighted by Gasteiger charge is -2.22. The summed E-state index contributed by atoms with van der Waals surface area (Å²) in [5.41, 5.74) is 19.9. The molecule has 0 aromatic heterocycles. The molecule has 0 bridgehead atoms. The first kappa shape index (κ1) is 20.5. The Bertz CT molecular complexity index is 1490. The lowest BCUT2D eigenvalue weighted by molar-refractivity contribution is 0.661. The smallest absolute Gasteiger partial charge is 0.0397 e. The van der Waals surface area contributed by atoms with Gasteiger partial charge in [-0.05, 0) is 62.2 Å². The second kappa shape index (κ2) is 7.74. The highest BCUT2D eigenvalue weighted by atomic mass is 14.6. The zero-order valence-corrected chi connectivity index (χ0v) is 19.5. The van der Waals surface area contributed by atoms with Crippen LogP contribution in [0.2, 0.25) is 0 Å². The van der Waals surface area contributed by atoms with Gasteiger partial charge in [0.1, 0.15) is 0 Å². The van der Waals surface area contributed by atoms with Crippen molar-refractivity contribution in [1.82, 2.24) is 0 Å². The van der Waals surface area contributed by atoms with E-state index in [2.05, 4.69) is 123 Å². The number of anilines is 1. The lowest BCUT2D eigenvalue weighted by atomic mass is 9.81. The standard InChI is InChI=1S/C33H27N/c1-33(2)29-15-9-14-26(24-12-7-4-8-13-24)32(29)28-20-27(31(34)21-30(28)33)25-18-16-23(17-19-25)22-10-5-3-6-11-22/h3-21H,34H2,1-2H3. The Labute approximate surface area is 201 Å². The molecule has 0 radical (unpaired) electrons. The van der Waals surface area contributed by atoms with E-state index in [9.17, 15) is 0 Å². The monoisotopic (exact) mass is 437 g/mol. The van der Waals surface area contributed by atoms with Crippen molar-refractivity contribution in [2.75, 3.05) is 5.73 Å². The first-order valence-corrected chi connectivity index (χ1v) is 11.8. The molecule has 1 heteroatoms. The highest BCUT2D eigenvalue weighted by Crippen LogP contribution is 2.53. The Kier molecular flexibility index (Phi) is 4.67. The molecule has 1 aliphatic rings. The Morgan fingerprint density at radius 1 is 0.471 bits per heavy atom. The number of fused-ring (bicyclic) bond motifs is 3. The van der Waals surface area contributed by atoms with E-state index < -0.39 is 0 Å². The molecule has 164 valence electrons. The number of hydrogen-bond acceptors (Lipinski definition) is 1. The highest BCUT2D eigenvalue weighted by molar-refractivity contribution is 5.96. The van der Waals surface area contributed by atoms with Gasteiger partial charge in [-0.3, -0.25) is 0 Å². The van der Waals surface area contributed by atoms with Gasteiger partial charge < -0.3 is 5.73 Å². The van der Waals surface area contributed by atoms with Crippen LogP contribution in [0.5, 0.6) is 0 Å². The second-order valence-electron chi connectivity index (χ2n) is 9.65. The summed E-state index contributed by atoms with van der Waals surface area (Å²) in [6, 6.07) is 41.1. The van der Waals surface area contributed by atoms with E-state index >= 15 is 0 Å². The minimum Gasteiger partial charge on any atom is -0.398 e. The quantitative estimate of drug-likeness (QED) is 0.281. The van der Waals surface area contributed by atoms with Gasteiger partial charge in [0.2, 0.25) is 0 Å². The molecule has 0 heterocycles. The van der Waals surface area contributed by atoms with Gasteiger partial charge in [-0.25, -0.2) is 0 Å². The van der Waals surface area contributed by atoms with Crippen LogP contribution < -0.4 is 5.73 Å². The van der Waals surface area contributed by atoms with Crippen molar-refractivity contribution in [1.29, 1.82) is 0 Å². The zero-order chi connectivity index (χ0) is 23.3. The third kappa shape index (κ3) is 3.16. The van der Waals surface area contributed by atoms with Crippen LogP contribution in [0.1, 0.15) is 25.0 Å². The predicted molar refractivity (Wildman–Crippen MR) is 145 cm³/mol. The Morgan fingerprint density at radius 3 is 1.71 bits per heavy atom. The minimum absolute atomic E-state index is 0.0979. The zero-order valence-electron chi connectivity index (χ0n) is 19.5. The van der Waals surface area contributed by atoms with Crippen molar-refractivity contribution < 1.29 is 0 Å². The van der Waals surface area contributed by atoms with Gasteiger partial charge >= 0.3 is 0 Å². The van der Waals surface area contributed by atoms with Gasteiger partial charge in [0.25, 0.3) is 0 Å². The van der Waals surface area contributed by atoms with Crippen LogP contribution in [0.4, 0.5) is 5.69 Å². The normalized spacial score (nSPS) is 13.4. The van der Waals surface area contributed by atoms with Crippen LogP contribution >= 0.6 is 0 Å². The maximum Gasteiger partial charge on any atom is 0.0397 e. The van der Waals surface area contributed by atoms with Crippen molar-refractivity contribution in [3.05, 3.63) is 126 Å².